The maximum absolute atomic E-state index is 12.7. The fourth-order valence-corrected chi connectivity index (χ4v) is 3.48. The Morgan fingerprint density at radius 2 is 1.86 bits per heavy atom. The molecule has 1 aliphatic rings. The zero-order chi connectivity index (χ0) is 20.6. The van der Waals surface area contributed by atoms with Crippen LogP contribution in [0.5, 0.6) is 5.75 Å². The van der Waals surface area contributed by atoms with Gasteiger partial charge < -0.3 is 15.0 Å². The van der Waals surface area contributed by atoms with Crippen molar-refractivity contribution < 1.29 is 14.3 Å². The number of hydrogen-bond donors (Lipinski definition) is 1. The highest BCUT2D eigenvalue weighted by atomic mass is 16.5. The van der Waals surface area contributed by atoms with Gasteiger partial charge in [0.15, 0.2) is 0 Å². The number of pyridine rings is 1. The molecule has 0 spiro atoms. The van der Waals surface area contributed by atoms with Crippen LogP contribution >= 0.6 is 0 Å². The van der Waals surface area contributed by atoms with Crippen LogP contribution in [-0.2, 0) is 11.2 Å². The van der Waals surface area contributed by atoms with Crippen molar-refractivity contribution in [2.75, 3.05) is 19.6 Å². The quantitative estimate of drug-likeness (QED) is 0.782. The molecule has 1 aliphatic heterocycles. The van der Waals surface area contributed by atoms with Crippen LogP contribution in [0.3, 0.4) is 0 Å². The molecule has 1 aromatic carbocycles. The fraction of sp³-hybridized carbons (Fsp3) is 0.435. The van der Waals surface area contributed by atoms with Gasteiger partial charge in [-0.05, 0) is 63.1 Å². The first-order valence-electron chi connectivity index (χ1n) is 10.3. The van der Waals surface area contributed by atoms with Crippen molar-refractivity contribution in [1.82, 2.24) is 15.2 Å². The Hall–Kier alpha value is -2.89. The minimum atomic E-state index is -0.0374. The highest BCUT2D eigenvalue weighted by Crippen LogP contribution is 2.21. The lowest BCUT2D eigenvalue weighted by molar-refractivity contribution is -0.126. The minimum Gasteiger partial charge on any atom is -0.491 e. The Labute approximate surface area is 172 Å². The molecule has 29 heavy (non-hydrogen) atoms. The van der Waals surface area contributed by atoms with Gasteiger partial charge in [-0.1, -0.05) is 6.07 Å². The van der Waals surface area contributed by atoms with E-state index in [-0.39, 0.29) is 23.8 Å². The summed E-state index contributed by atoms with van der Waals surface area (Å²) < 4.78 is 5.62. The van der Waals surface area contributed by atoms with Gasteiger partial charge in [0.05, 0.1) is 6.10 Å². The molecule has 0 radical (unpaired) electrons. The smallest absolute Gasteiger partial charge is 0.253 e. The topological polar surface area (TPSA) is 71.5 Å². The number of carbonyl (C=O) groups is 2. The average Bonchev–Trinajstić information content (AvgIpc) is 2.74. The Bertz CT molecular complexity index is 798. The van der Waals surface area contributed by atoms with Crippen LogP contribution in [0.1, 0.15) is 42.7 Å². The molecular formula is C23H29N3O3. The lowest BCUT2D eigenvalue weighted by atomic mass is 9.95. The highest BCUT2D eigenvalue weighted by molar-refractivity contribution is 5.94. The summed E-state index contributed by atoms with van der Waals surface area (Å²) in [6.07, 6.45) is 3.96. The summed E-state index contributed by atoms with van der Waals surface area (Å²) in [6.45, 7) is 5.72. The molecule has 0 atom stereocenters. The third kappa shape index (κ3) is 6.04. The van der Waals surface area contributed by atoms with Crippen molar-refractivity contribution >= 4 is 11.8 Å². The van der Waals surface area contributed by atoms with Gasteiger partial charge in [0.1, 0.15) is 5.75 Å². The normalized spacial score (nSPS) is 14.7. The molecule has 2 heterocycles. The molecule has 0 saturated carbocycles. The van der Waals surface area contributed by atoms with E-state index in [1.807, 2.05) is 49.1 Å². The summed E-state index contributed by atoms with van der Waals surface area (Å²) in [6, 6.07) is 13.0. The number of piperidine rings is 1. The van der Waals surface area contributed by atoms with E-state index in [1.54, 1.807) is 18.3 Å². The first-order chi connectivity index (χ1) is 14.0. The van der Waals surface area contributed by atoms with Gasteiger partial charge in [-0.2, -0.15) is 0 Å². The van der Waals surface area contributed by atoms with Gasteiger partial charge in [0, 0.05) is 49.4 Å². The molecule has 1 aromatic heterocycles. The maximum Gasteiger partial charge on any atom is 0.253 e. The second-order valence-corrected chi connectivity index (χ2v) is 7.62. The van der Waals surface area contributed by atoms with E-state index in [2.05, 4.69) is 10.3 Å². The van der Waals surface area contributed by atoms with E-state index in [1.165, 1.54) is 0 Å². The average molecular weight is 396 g/mol. The van der Waals surface area contributed by atoms with Crippen molar-refractivity contribution in [2.45, 2.75) is 39.2 Å². The van der Waals surface area contributed by atoms with Crippen LogP contribution in [-0.4, -0.2) is 47.4 Å². The SMILES string of the molecule is CC(C)Oc1ccc(C(=O)N2CCC(C(=O)NCCc3ccccn3)CC2)cc1. The van der Waals surface area contributed by atoms with Crippen LogP contribution < -0.4 is 10.1 Å². The molecule has 2 amide bonds. The molecule has 1 fully saturated rings. The lowest BCUT2D eigenvalue weighted by Crippen LogP contribution is -2.43. The second kappa shape index (κ2) is 10.0. The summed E-state index contributed by atoms with van der Waals surface area (Å²) >= 11 is 0. The van der Waals surface area contributed by atoms with Crippen LogP contribution in [0.4, 0.5) is 0 Å². The number of benzene rings is 1. The molecule has 154 valence electrons. The van der Waals surface area contributed by atoms with Gasteiger partial charge >= 0.3 is 0 Å². The number of rotatable bonds is 7. The molecule has 0 bridgehead atoms. The van der Waals surface area contributed by atoms with Gasteiger partial charge in [0.2, 0.25) is 5.91 Å². The first-order valence-corrected chi connectivity index (χ1v) is 10.3. The standard InChI is InChI=1S/C23H29N3O3/c1-17(2)29-21-8-6-19(7-9-21)23(28)26-15-11-18(12-16-26)22(27)25-14-10-20-5-3-4-13-24-20/h3-9,13,17-18H,10-12,14-16H2,1-2H3,(H,25,27). The van der Waals surface area contributed by atoms with E-state index >= 15 is 0 Å². The Kier molecular flexibility index (Phi) is 7.22. The maximum atomic E-state index is 12.7. The minimum absolute atomic E-state index is 0.00936. The van der Waals surface area contributed by atoms with Crippen molar-refractivity contribution in [2.24, 2.45) is 5.92 Å². The third-order valence-corrected chi connectivity index (χ3v) is 5.03. The van der Waals surface area contributed by atoms with Crippen molar-refractivity contribution in [3.05, 3.63) is 59.9 Å². The van der Waals surface area contributed by atoms with E-state index in [4.69, 9.17) is 4.74 Å². The molecule has 1 saturated heterocycles. The molecule has 3 rings (SSSR count). The Balaban J connectivity index is 1.43. The van der Waals surface area contributed by atoms with Crippen LogP contribution in [0.15, 0.2) is 48.7 Å². The number of likely N-dealkylation sites (tertiary alicyclic amines) is 1. The molecule has 2 aromatic rings. The zero-order valence-corrected chi connectivity index (χ0v) is 17.1. The van der Waals surface area contributed by atoms with Gasteiger partial charge in [0.25, 0.3) is 5.91 Å². The number of hydrogen-bond acceptors (Lipinski definition) is 4. The largest absolute Gasteiger partial charge is 0.491 e. The zero-order valence-electron chi connectivity index (χ0n) is 17.1. The van der Waals surface area contributed by atoms with E-state index < -0.39 is 0 Å². The number of nitrogens with one attached hydrogen (secondary N) is 1. The van der Waals surface area contributed by atoms with Crippen molar-refractivity contribution in [1.29, 1.82) is 0 Å². The predicted molar refractivity (Wildman–Crippen MR) is 112 cm³/mol. The van der Waals surface area contributed by atoms with E-state index in [0.29, 0.717) is 38.0 Å². The van der Waals surface area contributed by atoms with E-state index in [0.717, 1.165) is 17.9 Å². The lowest BCUT2D eigenvalue weighted by Gasteiger charge is -2.31. The summed E-state index contributed by atoms with van der Waals surface area (Å²) in [5, 5.41) is 3.00. The molecule has 6 nitrogen and oxygen atoms in total. The Morgan fingerprint density at radius 3 is 2.48 bits per heavy atom. The molecule has 1 N–H and O–H groups in total. The number of amides is 2. The number of nitrogens with zero attached hydrogens (tertiary/aromatic N) is 2. The van der Waals surface area contributed by atoms with Crippen molar-refractivity contribution in [3.63, 3.8) is 0 Å². The summed E-state index contributed by atoms with van der Waals surface area (Å²) in [4.78, 5) is 31.2. The summed E-state index contributed by atoms with van der Waals surface area (Å²) in [7, 11) is 0. The van der Waals surface area contributed by atoms with Gasteiger partial charge in [-0.25, -0.2) is 0 Å². The summed E-state index contributed by atoms with van der Waals surface area (Å²) in [5.74, 6) is 0.806. The van der Waals surface area contributed by atoms with Crippen molar-refractivity contribution in [3.8, 4) is 5.75 Å². The summed E-state index contributed by atoms with van der Waals surface area (Å²) in [5.41, 5.74) is 1.62. The fourth-order valence-electron chi connectivity index (χ4n) is 3.48. The van der Waals surface area contributed by atoms with Crippen LogP contribution in [0.25, 0.3) is 0 Å². The number of carbonyl (C=O) groups excluding carboxylic acids is 2. The monoisotopic (exact) mass is 395 g/mol. The highest BCUT2D eigenvalue weighted by Gasteiger charge is 2.27. The number of aromatic nitrogens is 1. The third-order valence-electron chi connectivity index (χ3n) is 5.03. The number of ether oxygens (including phenoxy) is 1. The molecule has 6 heteroatoms. The van der Waals surface area contributed by atoms with Gasteiger partial charge in [-0.15, -0.1) is 0 Å². The molecular weight excluding hydrogens is 366 g/mol. The Morgan fingerprint density at radius 1 is 1.14 bits per heavy atom. The predicted octanol–water partition coefficient (Wildman–Crippen LogP) is 3.08. The molecule has 0 aliphatic carbocycles. The second-order valence-electron chi connectivity index (χ2n) is 7.62. The van der Waals surface area contributed by atoms with E-state index in [9.17, 15) is 9.59 Å². The van der Waals surface area contributed by atoms with Crippen LogP contribution in [0, 0.1) is 5.92 Å². The molecule has 0 unspecified atom stereocenters. The van der Waals surface area contributed by atoms with Crippen LogP contribution in [0.2, 0.25) is 0 Å². The first kappa shape index (κ1) is 20.8. The van der Waals surface area contributed by atoms with Gasteiger partial charge in [-0.3, -0.25) is 14.6 Å².